The molecular formula is C15H15ClN2O2S. The summed E-state index contributed by atoms with van der Waals surface area (Å²) in [7, 11) is 1.58. The van der Waals surface area contributed by atoms with Crippen molar-refractivity contribution in [2.75, 3.05) is 23.9 Å². The molecule has 0 atom stereocenters. The first-order valence-electron chi connectivity index (χ1n) is 6.21. The van der Waals surface area contributed by atoms with Gasteiger partial charge in [-0.05, 0) is 24.3 Å². The highest BCUT2D eigenvalue weighted by Crippen LogP contribution is 2.32. The summed E-state index contributed by atoms with van der Waals surface area (Å²) in [6.07, 6.45) is 0. The van der Waals surface area contributed by atoms with E-state index in [0.29, 0.717) is 22.1 Å². The molecule has 110 valence electrons. The van der Waals surface area contributed by atoms with E-state index >= 15 is 0 Å². The van der Waals surface area contributed by atoms with Crippen molar-refractivity contribution in [1.82, 2.24) is 0 Å². The maximum atomic E-state index is 12.0. The minimum Gasteiger partial charge on any atom is -0.497 e. The van der Waals surface area contributed by atoms with E-state index in [1.54, 1.807) is 37.4 Å². The van der Waals surface area contributed by atoms with Gasteiger partial charge in [-0.1, -0.05) is 23.7 Å². The molecule has 0 saturated carbocycles. The highest BCUT2D eigenvalue weighted by atomic mass is 35.5. The lowest BCUT2D eigenvalue weighted by atomic mass is 10.3. The predicted molar refractivity (Wildman–Crippen MR) is 88.2 cm³/mol. The van der Waals surface area contributed by atoms with Crippen molar-refractivity contribution < 1.29 is 9.53 Å². The van der Waals surface area contributed by atoms with E-state index in [-0.39, 0.29) is 11.7 Å². The summed E-state index contributed by atoms with van der Waals surface area (Å²) >= 11 is 7.37. The Balaban J connectivity index is 1.96. The molecular weight excluding hydrogens is 308 g/mol. The van der Waals surface area contributed by atoms with E-state index in [9.17, 15) is 4.79 Å². The van der Waals surface area contributed by atoms with Gasteiger partial charge in [0.05, 0.1) is 17.9 Å². The molecule has 2 rings (SSSR count). The van der Waals surface area contributed by atoms with Crippen molar-refractivity contribution in [3.8, 4) is 5.75 Å². The molecule has 3 N–H and O–H groups in total. The van der Waals surface area contributed by atoms with E-state index in [0.717, 1.165) is 4.90 Å². The molecule has 0 aliphatic rings. The monoisotopic (exact) mass is 322 g/mol. The van der Waals surface area contributed by atoms with E-state index in [4.69, 9.17) is 22.1 Å². The van der Waals surface area contributed by atoms with E-state index < -0.39 is 0 Å². The van der Waals surface area contributed by atoms with E-state index in [1.165, 1.54) is 11.8 Å². The molecule has 2 aromatic carbocycles. The van der Waals surface area contributed by atoms with Crippen LogP contribution >= 0.6 is 23.4 Å². The van der Waals surface area contributed by atoms with Crippen molar-refractivity contribution in [1.29, 1.82) is 0 Å². The highest BCUT2D eigenvalue weighted by Gasteiger charge is 2.09. The topological polar surface area (TPSA) is 64.3 Å². The second-order valence-electron chi connectivity index (χ2n) is 4.23. The minimum atomic E-state index is -0.132. The zero-order valence-electron chi connectivity index (χ0n) is 11.4. The summed E-state index contributed by atoms with van der Waals surface area (Å²) in [5.41, 5.74) is 7.10. The van der Waals surface area contributed by atoms with Gasteiger partial charge in [0.25, 0.3) is 0 Å². The molecule has 0 saturated heterocycles. The van der Waals surface area contributed by atoms with Crippen LogP contribution in [0.25, 0.3) is 0 Å². The Morgan fingerprint density at radius 2 is 2.10 bits per heavy atom. The lowest BCUT2D eigenvalue weighted by molar-refractivity contribution is -0.113. The Morgan fingerprint density at radius 1 is 1.33 bits per heavy atom. The fourth-order valence-electron chi connectivity index (χ4n) is 1.71. The van der Waals surface area contributed by atoms with Crippen molar-refractivity contribution in [2.24, 2.45) is 0 Å². The predicted octanol–water partition coefficient (Wildman–Crippen LogP) is 3.66. The zero-order valence-corrected chi connectivity index (χ0v) is 13.0. The lowest BCUT2D eigenvalue weighted by Crippen LogP contribution is -2.14. The molecule has 0 unspecified atom stereocenters. The number of halogens is 1. The fraction of sp³-hybridized carbons (Fsp3) is 0.133. The average molecular weight is 323 g/mol. The van der Waals surface area contributed by atoms with Gasteiger partial charge in [0.2, 0.25) is 5.91 Å². The number of hydrogen-bond donors (Lipinski definition) is 2. The van der Waals surface area contributed by atoms with Crippen molar-refractivity contribution >= 4 is 40.6 Å². The normalized spacial score (nSPS) is 10.2. The van der Waals surface area contributed by atoms with Crippen LogP contribution in [-0.2, 0) is 4.79 Å². The molecule has 21 heavy (non-hydrogen) atoms. The quantitative estimate of drug-likeness (QED) is 0.651. The number of rotatable bonds is 5. The van der Waals surface area contributed by atoms with E-state index in [2.05, 4.69) is 5.32 Å². The van der Waals surface area contributed by atoms with Crippen LogP contribution in [0.5, 0.6) is 5.75 Å². The number of thioether (sulfide) groups is 1. The lowest BCUT2D eigenvalue weighted by Gasteiger charge is -2.09. The van der Waals surface area contributed by atoms with Gasteiger partial charge in [-0.2, -0.15) is 0 Å². The third-order valence-corrected chi connectivity index (χ3v) is 4.28. The number of benzene rings is 2. The maximum absolute atomic E-state index is 12.0. The first kappa shape index (κ1) is 15.5. The van der Waals surface area contributed by atoms with Crippen LogP contribution in [0.3, 0.4) is 0 Å². The Hall–Kier alpha value is -1.85. The Labute approximate surface area is 132 Å². The van der Waals surface area contributed by atoms with Crippen LogP contribution in [0.1, 0.15) is 0 Å². The van der Waals surface area contributed by atoms with Gasteiger partial charge in [-0.3, -0.25) is 4.79 Å². The van der Waals surface area contributed by atoms with Gasteiger partial charge >= 0.3 is 0 Å². The number of anilines is 2. The third-order valence-electron chi connectivity index (χ3n) is 2.70. The van der Waals surface area contributed by atoms with Crippen LogP contribution in [0.4, 0.5) is 11.4 Å². The van der Waals surface area contributed by atoms with Gasteiger partial charge < -0.3 is 15.8 Å². The number of carbonyl (C=O) groups is 1. The number of amides is 1. The highest BCUT2D eigenvalue weighted by molar-refractivity contribution is 8.00. The Morgan fingerprint density at radius 3 is 2.81 bits per heavy atom. The summed E-state index contributed by atoms with van der Waals surface area (Å²) < 4.78 is 5.11. The summed E-state index contributed by atoms with van der Waals surface area (Å²) in [6.45, 7) is 0. The smallest absolute Gasteiger partial charge is 0.234 e. The molecule has 1 amide bonds. The number of ether oxygens (including phenoxy) is 1. The van der Waals surface area contributed by atoms with Crippen LogP contribution in [0.2, 0.25) is 5.02 Å². The second kappa shape index (κ2) is 7.24. The van der Waals surface area contributed by atoms with Gasteiger partial charge in [-0.25, -0.2) is 0 Å². The van der Waals surface area contributed by atoms with Crippen LogP contribution in [0, 0.1) is 0 Å². The molecule has 0 aromatic heterocycles. The number of methoxy groups -OCH3 is 1. The van der Waals surface area contributed by atoms with Crippen LogP contribution in [-0.4, -0.2) is 18.8 Å². The third kappa shape index (κ3) is 4.31. The fourth-order valence-corrected chi connectivity index (χ4v) is 2.85. The molecule has 0 radical (unpaired) electrons. The van der Waals surface area contributed by atoms with Crippen molar-refractivity contribution in [3.05, 3.63) is 47.5 Å². The number of hydrogen-bond acceptors (Lipinski definition) is 4. The minimum absolute atomic E-state index is 0.132. The summed E-state index contributed by atoms with van der Waals surface area (Å²) in [5, 5.41) is 3.35. The standard InChI is InChI=1S/C15H15ClN2O2S/c1-20-11-5-2-4-10(8-11)18-14(19)9-21-15-12(16)6-3-7-13(15)17/h2-8H,9,17H2,1H3,(H,18,19). The van der Waals surface area contributed by atoms with Gasteiger partial charge in [0.1, 0.15) is 5.75 Å². The molecule has 0 bridgehead atoms. The SMILES string of the molecule is COc1cccc(NC(=O)CSc2c(N)cccc2Cl)c1. The largest absolute Gasteiger partial charge is 0.497 e. The molecule has 0 spiro atoms. The molecule has 0 fully saturated rings. The van der Waals surface area contributed by atoms with Gasteiger partial charge in [-0.15, -0.1) is 11.8 Å². The summed E-state index contributed by atoms with van der Waals surface area (Å²) in [4.78, 5) is 12.7. The van der Waals surface area contributed by atoms with Gasteiger partial charge in [0.15, 0.2) is 0 Å². The zero-order chi connectivity index (χ0) is 15.2. The average Bonchev–Trinajstić information content (AvgIpc) is 2.47. The molecule has 0 aliphatic carbocycles. The number of nitrogen functional groups attached to an aromatic ring is 1. The first-order chi connectivity index (χ1) is 10.1. The Bertz CT molecular complexity index is 629. The van der Waals surface area contributed by atoms with E-state index in [1.807, 2.05) is 12.1 Å². The number of carbonyl (C=O) groups excluding carboxylic acids is 1. The number of nitrogens with two attached hydrogens (primary N) is 1. The molecule has 2 aromatic rings. The van der Waals surface area contributed by atoms with Gasteiger partial charge in [0, 0.05) is 22.3 Å². The second-order valence-corrected chi connectivity index (χ2v) is 5.62. The van der Waals surface area contributed by atoms with Crippen LogP contribution < -0.4 is 15.8 Å². The molecule has 0 aliphatic heterocycles. The molecule has 4 nitrogen and oxygen atoms in total. The summed E-state index contributed by atoms with van der Waals surface area (Å²) in [5.74, 6) is 0.786. The van der Waals surface area contributed by atoms with Crippen molar-refractivity contribution in [2.45, 2.75) is 4.90 Å². The van der Waals surface area contributed by atoms with Crippen LogP contribution in [0.15, 0.2) is 47.4 Å². The maximum Gasteiger partial charge on any atom is 0.234 e. The Kier molecular flexibility index (Phi) is 5.36. The summed E-state index contributed by atoms with van der Waals surface area (Å²) in [6, 6.07) is 12.5. The van der Waals surface area contributed by atoms with Crippen molar-refractivity contribution in [3.63, 3.8) is 0 Å². The molecule has 0 heterocycles. The molecule has 6 heteroatoms. The first-order valence-corrected chi connectivity index (χ1v) is 7.57. The number of nitrogens with one attached hydrogen (secondary N) is 1.